The number of aromatic nitrogens is 1. The van der Waals surface area contributed by atoms with Gasteiger partial charge in [0.25, 0.3) is 11.5 Å². The molecule has 2 aliphatic rings. The zero-order valence-electron chi connectivity index (χ0n) is 22.5. The van der Waals surface area contributed by atoms with Gasteiger partial charge in [0.2, 0.25) is 0 Å². The van der Waals surface area contributed by atoms with Crippen molar-refractivity contribution in [3.05, 3.63) is 78.9 Å². The summed E-state index contributed by atoms with van der Waals surface area (Å²) in [6.45, 7) is -2.70. The maximum absolute atomic E-state index is 15.5. The number of rotatable bonds is 6. The van der Waals surface area contributed by atoms with E-state index in [9.17, 15) is 41.4 Å². The first-order valence-corrected chi connectivity index (χ1v) is 14.8. The van der Waals surface area contributed by atoms with E-state index in [4.69, 9.17) is 34.8 Å². The topological polar surface area (TPSA) is 97.0 Å². The summed E-state index contributed by atoms with van der Waals surface area (Å²) in [5.74, 6) is -3.25. The van der Waals surface area contributed by atoms with Crippen LogP contribution < -0.4 is 10.5 Å². The first kappa shape index (κ1) is 33.1. The highest BCUT2D eigenvalue weighted by atomic mass is 35.5. The molecule has 2 N–H and O–H groups in total. The van der Waals surface area contributed by atoms with Crippen molar-refractivity contribution in [3.63, 3.8) is 0 Å². The van der Waals surface area contributed by atoms with Crippen LogP contribution in [0.3, 0.4) is 0 Å². The van der Waals surface area contributed by atoms with Gasteiger partial charge in [-0.3, -0.25) is 14.5 Å². The Morgan fingerprint density at radius 2 is 1.71 bits per heavy atom. The molecule has 0 bridgehead atoms. The first-order valence-electron chi connectivity index (χ1n) is 12.9. The van der Waals surface area contributed by atoms with Crippen LogP contribution in [0, 0.1) is 5.82 Å². The molecule has 1 aromatic heterocycles. The number of pyridine rings is 1. The lowest BCUT2D eigenvalue weighted by molar-refractivity contribution is -0.140. The fourth-order valence-electron chi connectivity index (χ4n) is 5.02. The van der Waals surface area contributed by atoms with Gasteiger partial charge in [0.05, 0.1) is 15.7 Å². The molecule has 1 saturated heterocycles. The van der Waals surface area contributed by atoms with Crippen LogP contribution in [0.15, 0.2) is 44.9 Å². The maximum atomic E-state index is 15.5. The number of amides is 3. The highest BCUT2D eigenvalue weighted by molar-refractivity contribution is 7.99. The van der Waals surface area contributed by atoms with Crippen LogP contribution in [0.1, 0.15) is 33.6 Å². The fraction of sp³-hybridized carbons (Fsp3) is 0.296. The molecule has 0 atom stereocenters. The van der Waals surface area contributed by atoms with Crippen molar-refractivity contribution < 1.29 is 41.0 Å². The predicted molar refractivity (Wildman–Crippen MR) is 154 cm³/mol. The Kier molecular flexibility index (Phi) is 8.94. The molecule has 3 heterocycles. The molecule has 0 spiro atoms. The SMILES string of the molecule is O=C(c1c(Sc2c(Cl)cccc2Cl)cc(C(F)(F)Cl)[nH]c1=O)N1Cc2cc(N3CCCN(CC(F)(F)F)C3=O)c(O)c(F)c2C1. The quantitative estimate of drug-likeness (QED) is 0.206. The van der Waals surface area contributed by atoms with Crippen molar-refractivity contribution in [1.82, 2.24) is 14.8 Å². The minimum atomic E-state index is -4.69. The van der Waals surface area contributed by atoms with E-state index in [0.717, 1.165) is 15.9 Å². The van der Waals surface area contributed by atoms with Crippen molar-refractivity contribution in [2.45, 2.75) is 40.9 Å². The summed E-state index contributed by atoms with van der Waals surface area (Å²) in [7, 11) is 0. The van der Waals surface area contributed by atoms with Gasteiger partial charge in [0, 0.05) is 41.5 Å². The van der Waals surface area contributed by atoms with Gasteiger partial charge in [0.1, 0.15) is 17.8 Å². The summed E-state index contributed by atoms with van der Waals surface area (Å²) in [5.41, 5.74) is -3.36. The fourth-order valence-corrected chi connectivity index (χ4v) is 6.76. The van der Waals surface area contributed by atoms with Gasteiger partial charge in [-0.15, -0.1) is 0 Å². The Labute approximate surface area is 269 Å². The summed E-state index contributed by atoms with van der Waals surface area (Å²) >= 11 is 18.2. The molecule has 0 unspecified atom stereocenters. The molecule has 45 heavy (non-hydrogen) atoms. The summed E-state index contributed by atoms with van der Waals surface area (Å²) < 4.78 is 82.4. The second-order valence-electron chi connectivity index (χ2n) is 10.1. The van der Waals surface area contributed by atoms with Gasteiger partial charge < -0.3 is 19.9 Å². The number of aromatic hydroxyl groups is 1. The van der Waals surface area contributed by atoms with Crippen LogP contribution >= 0.6 is 46.6 Å². The molecular formula is C27H19Cl3F6N4O4S. The van der Waals surface area contributed by atoms with E-state index in [0.29, 0.717) is 16.7 Å². The highest BCUT2D eigenvalue weighted by Gasteiger charge is 2.40. The minimum Gasteiger partial charge on any atom is -0.503 e. The van der Waals surface area contributed by atoms with Crippen molar-refractivity contribution in [3.8, 4) is 5.75 Å². The van der Waals surface area contributed by atoms with Crippen LogP contribution in [-0.4, -0.2) is 57.6 Å². The standard InChI is InChI=1S/C27H19Cl3F6N4O4S/c28-14-3-1-4-15(29)22(14)45-17-8-18(27(30,35)36)37-23(42)19(17)24(43)39-9-12-7-16(21(41)20(31)13(12)10-39)40-6-2-5-38(25(40)44)11-26(32,33)34/h1,3-4,7-8,41H,2,5-6,9-11H2,(H,37,42). The van der Waals surface area contributed by atoms with Gasteiger partial charge in [-0.25, -0.2) is 9.18 Å². The van der Waals surface area contributed by atoms with Gasteiger partial charge >= 0.3 is 17.6 Å². The number of carbonyl (C=O) groups excluding carboxylic acids is 2. The normalized spacial score (nSPS) is 15.6. The van der Waals surface area contributed by atoms with Crippen LogP contribution in [0.25, 0.3) is 0 Å². The van der Waals surface area contributed by atoms with Crippen LogP contribution in [0.5, 0.6) is 5.75 Å². The van der Waals surface area contributed by atoms with Gasteiger partial charge in [-0.05, 0) is 47.9 Å². The molecule has 240 valence electrons. The summed E-state index contributed by atoms with van der Waals surface area (Å²) in [6.07, 6.45) is -4.59. The second kappa shape index (κ2) is 12.2. The lowest BCUT2D eigenvalue weighted by Crippen LogP contribution is -2.52. The number of benzene rings is 2. The van der Waals surface area contributed by atoms with Gasteiger partial charge in [-0.1, -0.05) is 41.0 Å². The molecule has 2 aromatic carbocycles. The Hall–Kier alpha value is -3.27. The number of halogens is 9. The van der Waals surface area contributed by atoms with Crippen molar-refractivity contribution in [2.75, 3.05) is 24.5 Å². The first-order chi connectivity index (χ1) is 21.0. The Morgan fingerprint density at radius 3 is 2.33 bits per heavy atom. The highest BCUT2D eigenvalue weighted by Crippen LogP contribution is 2.43. The van der Waals surface area contributed by atoms with E-state index in [-0.39, 0.29) is 57.0 Å². The molecule has 5 rings (SSSR count). The number of phenols is 1. The largest absolute Gasteiger partial charge is 0.503 e. The zero-order valence-corrected chi connectivity index (χ0v) is 25.5. The van der Waals surface area contributed by atoms with Crippen LogP contribution in [0.4, 0.5) is 36.8 Å². The number of hydrogen-bond donors (Lipinski definition) is 2. The molecule has 0 radical (unpaired) electrons. The number of fused-ring (bicyclic) bond motifs is 1. The summed E-state index contributed by atoms with van der Waals surface area (Å²) in [5, 5.41) is 6.77. The molecule has 3 amide bonds. The van der Waals surface area contributed by atoms with Crippen LogP contribution in [-0.2, 0) is 18.5 Å². The van der Waals surface area contributed by atoms with E-state index < -0.39 is 70.7 Å². The smallest absolute Gasteiger partial charge is 0.406 e. The number of carbonyl (C=O) groups is 2. The average Bonchev–Trinajstić information content (AvgIpc) is 3.37. The molecular weight excluding hydrogens is 697 g/mol. The zero-order chi connectivity index (χ0) is 33.0. The number of alkyl halides is 6. The van der Waals surface area contributed by atoms with Crippen LogP contribution in [0.2, 0.25) is 10.0 Å². The number of nitrogens with one attached hydrogen (secondary N) is 1. The number of nitrogens with zero attached hydrogens (tertiary/aromatic N) is 3. The number of H-pyrrole nitrogens is 1. The third-order valence-electron chi connectivity index (χ3n) is 7.03. The number of phenolic OH excluding ortho intramolecular Hbond substituents is 1. The minimum absolute atomic E-state index is 0.0880. The van der Waals surface area contributed by atoms with Gasteiger partial charge in [0.15, 0.2) is 11.6 Å². The Balaban J connectivity index is 1.50. The van der Waals surface area contributed by atoms with Crippen molar-refractivity contribution in [1.29, 1.82) is 0 Å². The lowest BCUT2D eigenvalue weighted by Gasteiger charge is -2.36. The van der Waals surface area contributed by atoms with Crippen molar-refractivity contribution in [2.24, 2.45) is 0 Å². The number of aromatic amines is 1. The van der Waals surface area contributed by atoms with E-state index in [1.807, 2.05) is 4.98 Å². The summed E-state index contributed by atoms with van der Waals surface area (Å²) in [6, 6.07) is 5.27. The van der Waals surface area contributed by atoms with E-state index in [2.05, 4.69) is 0 Å². The molecule has 3 aromatic rings. The van der Waals surface area contributed by atoms with E-state index >= 15 is 4.39 Å². The monoisotopic (exact) mass is 714 g/mol. The molecule has 1 fully saturated rings. The second-order valence-corrected chi connectivity index (χ2v) is 12.4. The number of hydrogen-bond acceptors (Lipinski definition) is 5. The van der Waals surface area contributed by atoms with Gasteiger partial charge in [-0.2, -0.15) is 22.0 Å². The average molecular weight is 716 g/mol. The maximum Gasteiger partial charge on any atom is 0.406 e. The Bertz CT molecular complexity index is 1750. The third-order valence-corrected chi connectivity index (χ3v) is 9.27. The van der Waals surface area contributed by atoms with Crippen molar-refractivity contribution >= 4 is 64.2 Å². The number of anilines is 1. The molecule has 0 aliphatic carbocycles. The number of urea groups is 1. The predicted octanol–water partition coefficient (Wildman–Crippen LogP) is 7.32. The molecule has 8 nitrogen and oxygen atoms in total. The third kappa shape index (κ3) is 6.67. The lowest BCUT2D eigenvalue weighted by atomic mass is 10.1. The molecule has 18 heteroatoms. The molecule has 0 saturated carbocycles. The molecule has 2 aliphatic heterocycles. The van der Waals surface area contributed by atoms with E-state index in [1.165, 1.54) is 24.3 Å². The van der Waals surface area contributed by atoms with E-state index in [1.54, 1.807) is 0 Å². The summed E-state index contributed by atoms with van der Waals surface area (Å²) in [4.78, 5) is 43.7. The Morgan fingerprint density at radius 1 is 1.04 bits per heavy atom.